The van der Waals surface area contributed by atoms with Crippen molar-refractivity contribution in [2.45, 2.75) is 25.8 Å². The molecule has 0 aromatic heterocycles. The van der Waals surface area contributed by atoms with Crippen molar-refractivity contribution in [3.63, 3.8) is 0 Å². The van der Waals surface area contributed by atoms with Gasteiger partial charge in [-0.1, -0.05) is 0 Å². The lowest BCUT2D eigenvalue weighted by molar-refractivity contribution is -0.134. The summed E-state index contributed by atoms with van der Waals surface area (Å²) in [6.07, 6.45) is 3.26. The fraction of sp³-hybridized carbons (Fsp3) is 0.500. The first-order chi connectivity index (χ1) is 9.19. The molecule has 1 amide bonds. The molecule has 2 rings (SSSR count). The molecular formula is C14H19FN2O2. The van der Waals surface area contributed by atoms with E-state index >= 15 is 0 Å². The molecule has 4 nitrogen and oxygen atoms in total. The Morgan fingerprint density at radius 1 is 1.26 bits per heavy atom. The van der Waals surface area contributed by atoms with E-state index in [1.807, 2.05) is 0 Å². The molecule has 1 aliphatic rings. The van der Waals surface area contributed by atoms with Crippen LogP contribution in [0.5, 0.6) is 5.75 Å². The molecule has 0 saturated carbocycles. The molecule has 1 aromatic carbocycles. The number of rotatable bonds is 4. The minimum atomic E-state index is -0.400. The zero-order chi connectivity index (χ0) is 13.7. The standard InChI is InChI=1S/C14H19FN2O2/c15-12-6-11(9-16)7-13(8-12)19-10-14(18)17-4-2-1-3-5-17/h6-8H,1-5,9-10,16H2. The van der Waals surface area contributed by atoms with E-state index in [0.29, 0.717) is 11.3 Å². The van der Waals surface area contributed by atoms with Crippen LogP contribution in [0.3, 0.4) is 0 Å². The number of carbonyl (C=O) groups is 1. The van der Waals surface area contributed by atoms with E-state index in [1.54, 1.807) is 11.0 Å². The number of halogens is 1. The van der Waals surface area contributed by atoms with Crippen molar-refractivity contribution in [3.05, 3.63) is 29.6 Å². The smallest absolute Gasteiger partial charge is 0.260 e. The van der Waals surface area contributed by atoms with Gasteiger partial charge >= 0.3 is 0 Å². The second-order valence-electron chi connectivity index (χ2n) is 4.73. The average Bonchev–Trinajstić information content (AvgIpc) is 2.45. The Bertz CT molecular complexity index is 445. The largest absolute Gasteiger partial charge is 0.484 e. The first-order valence-electron chi connectivity index (χ1n) is 6.59. The van der Waals surface area contributed by atoms with Crippen molar-refractivity contribution in [1.29, 1.82) is 0 Å². The molecule has 0 aliphatic carbocycles. The molecule has 1 aromatic rings. The Morgan fingerprint density at radius 2 is 2.00 bits per heavy atom. The van der Waals surface area contributed by atoms with Gasteiger partial charge in [-0.15, -0.1) is 0 Å². The summed E-state index contributed by atoms with van der Waals surface area (Å²) in [5.74, 6) is -0.0903. The molecule has 0 spiro atoms. The molecule has 1 aliphatic heterocycles. The molecule has 1 fully saturated rings. The summed E-state index contributed by atoms with van der Waals surface area (Å²) in [6.45, 7) is 1.78. The van der Waals surface area contributed by atoms with Crippen LogP contribution >= 0.6 is 0 Å². The molecule has 0 radical (unpaired) electrons. The number of nitrogens with two attached hydrogens (primary N) is 1. The summed E-state index contributed by atoms with van der Waals surface area (Å²) in [7, 11) is 0. The summed E-state index contributed by atoms with van der Waals surface area (Å²) in [6, 6.07) is 4.29. The van der Waals surface area contributed by atoms with Gasteiger partial charge in [-0.3, -0.25) is 4.79 Å². The maximum atomic E-state index is 13.3. The van der Waals surface area contributed by atoms with Crippen molar-refractivity contribution < 1.29 is 13.9 Å². The van der Waals surface area contributed by atoms with Crippen molar-refractivity contribution in [2.24, 2.45) is 5.73 Å². The van der Waals surface area contributed by atoms with Gasteiger partial charge in [0.25, 0.3) is 5.91 Å². The Labute approximate surface area is 112 Å². The highest BCUT2D eigenvalue weighted by molar-refractivity contribution is 5.77. The van der Waals surface area contributed by atoms with E-state index in [9.17, 15) is 9.18 Å². The third kappa shape index (κ3) is 3.92. The monoisotopic (exact) mass is 266 g/mol. The zero-order valence-electron chi connectivity index (χ0n) is 10.9. The van der Waals surface area contributed by atoms with E-state index in [1.165, 1.54) is 18.6 Å². The Morgan fingerprint density at radius 3 is 2.68 bits per heavy atom. The number of piperidine rings is 1. The van der Waals surface area contributed by atoms with E-state index in [-0.39, 0.29) is 19.1 Å². The lowest BCUT2D eigenvalue weighted by atomic mass is 10.1. The first kappa shape index (κ1) is 13.8. The Balaban J connectivity index is 1.90. The normalized spacial score (nSPS) is 15.4. The molecule has 2 N–H and O–H groups in total. The van der Waals surface area contributed by atoms with E-state index < -0.39 is 5.82 Å². The third-order valence-corrected chi connectivity index (χ3v) is 3.24. The number of amides is 1. The fourth-order valence-electron chi connectivity index (χ4n) is 2.20. The quantitative estimate of drug-likeness (QED) is 0.902. The number of hydrogen-bond donors (Lipinski definition) is 1. The van der Waals surface area contributed by atoms with Crippen LogP contribution in [0.1, 0.15) is 24.8 Å². The topological polar surface area (TPSA) is 55.6 Å². The maximum Gasteiger partial charge on any atom is 0.260 e. The third-order valence-electron chi connectivity index (χ3n) is 3.24. The predicted octanol–water partition coefficient (Wildman–Crippen LogP) is 1.68. The second kappa shape index (κ2) is 6.52. The number of hydrogen-bond acceptors (Lipinski definition) is 3. The van der Waals surface area contributed by atoms with E-state index in [0.717, 1.165) is 25.9 Å². The number of likely N-dealkylation sites (tertiary alicyclic amines) is 1. The summed E-state index contributed by atoms with van der Waals surface area (Å²) in [5.41, 5.74) is 6.12. The fourth-order valence-corrected chi connectivity index (χ4v) is 2.20. The van der Waals surface area contributed by atoms with Crippen molar-refractivity contribution in [3.8, 4) is 5.75 Å². The van der Waals surface area contributed by atoms with Gasteiger partial charge in [0.2, 0.25) is 0 Å². The molecule has 1 heterocycles. The van der Waals surface area contributed by atoms with Gasteiger partial charge < -0.3 is 15.4 Å². The predicted molar refractivity (Wildman–Crippen MR) is 70.2 cm³/mol. The summed E-state index contributed by atoms with van der Waals surface area (Å²) in [5, 5.41) is 0. The maximum absolute atomic E-state index is 13.3. The number of ether oxygens (including phenoxy) is 1. The first-order valence-corrected chi connectivity index (χ1v) is 6.59. The van der Waals surface area contributed by atoms with Crippen LogP contribution in [0, 0.1) is 5.82 Å². The zero-order valence-corrected chi connectivity index (χ0v) is 10.9. The van der Waals surface area contributed by atoms with Crippen molar-refractivity contribution >= 4 is 5.91 Å². The lowest BCUT2D eigenvalue weighted by Gasteiger charge is -2.26. The van der Waals surface area contributed by atoms with Gasteiger partial charge in [-0.05, 0) is 37.0 Å². The minimum absolute atomic E-state index is 0.0433. The highest BCUT2D eigenvalue weighted by Gasteiger charge is 2.16. The van der Waals surface area contributed by atoms with Crippen LogP contribution < -0.4 is 10.5 Å². The van der Waals surface area contributed by atoms with Crippen LogP contribution in [0.25, 0.3) is 0 Å². The SMILES string of the molecule is NCc1cc(F)cc(OCC(=O)N2CCCCC2)c1. The highest BCUT2D eigenvalue weighted by Crippen LogP contribution is 2.16. The molecular weight excluding hydrogens is 247 g/mol. The van der Waals surface area contributed by atoms with Gasteiger partial charge in [0.15, 0.2) is 6.61 Å². The van der Waals surface area contributed by atoms with Crippen molar-refractivity contribution in [2.75, 3.05) is 19.7 Å². The minimum Gasteiger partial charge on any atom is -0.484 e. The molecule has 104 valence electrons. The average molecular weight is 266 g/mol. The molecule has 1 saturated heterocycles. The van der Waals surface area contributed by atoms with E-state index in [2.05, 4.69) is 0 Å². The highest BCUT2D eigenvalue weighted by atomic mass is 19.1. The molecule has 0 unspecified atom stereocenters. The summed E-state index contributed by atoms with van der Waals surface area (Å²) in [4.78, 5) is 13.7. The van der Waals surface area contributed by atoms with Crippen molar-refractivity contribution in [1.82, 2.24) is 4.90 Å². The van der Waals surface area contributed by atoms with E-state index in [4.69, 9.17) is 10.5 Å². The molecule has 0 atom stereocenters. The van der Waals surface area contributed by atoms with Crippen LogP contribution in [0.2, 0.25) is 0 Å². The second-order valence-corrected chi connectivity index (χ2v) is 4.73. The lowest BCUT2D eigenvalue weighted by Crippen LogP contribution is -2.38. The summed E-state index contributed by atoms with van der Waals surface area (Å²) < 4.78 is 18.6. The molecule has 19 heavy (non-hydrogen) atoms. The number of benzene rings is 1. The van der Waals surface area contributed by atoms with Gasteiger partial charge in [-0.2, -0.15) is 0 Å². The Kier molecular flexibility index (Phi) is 4.74. The van der Waals surface area contributed by atoms with Crippen LogP contribution in [0.4, 0.5) is 4.39 Å². The van der Waals surface area contributed by atoms with Gasteiger partial charge in [0, 0.05) is 25.7 Å². The van der Waals surface area contributed by atoms with Gasteiger partial charge in [0.1, 0.15) is 11.6 Å². The Hall–Kier alpha value is -1.62. The molecule has 0 bridgehead atoms. The van der Waals surface area contributed by atoms with Crippen LogP contribution in [0.15, 0.2) is 18.2 Å². The van der Waals surface area contributed by atoms with Crippen LogP contribution in [-0.4, -0.2) is 30.5 Å². The van der Waals surface area contributed by atoms with Crippen LogP contribution in [-0.2, 0) is 11.3 Å². The summed E-state index contributed by atoms with van der Waals surface area (Å²) >= 11 is 0. The molecule has 5 heteroatoms. The number of nitrogens with zero attached hydrogens (tertiary/aromatic N) is 1. The van der Waals surface area contributed by atoms with Gasteiger partial charge in [0.05, 0.1) is 0 Å². The number of carbonyl (C=O) groups excluding carboxylic acids is 1. The van der Waals surface area contributed by atoms with Gasteiger partial charge in [-0.25, -0.2) is 4.39 Å².